The average Bonchev–Trinajstić information content (AvgIpc) is 2.76. The standard InChI is InChI=1S/C25H15BrF4O/c26-17-7-9-20(22(28)13-17)19-8-6-16(12-21(19)27)18-10-11-23(25(30)24(18)29)31-14-15-4-2-1-3-5-15/h1-13H,14H2. The van der Waals surface area contributed by atoms with Crippen molar-refractivity contribution in [2.24, 2.45) is 0 Å². The molecule has 4 aromatic carbocycles. The Bertz CT molecular complexity index is 1240. The monoisotopic (exact) mass is 486 g/mol. The van der Waals surface area contributed by atoms with E-state index in [4.69, 9.17) is 4.74 Å². The molecule has 156 valence electrons. The largest absolute Gasteiger partial charge is 0.486 e. The lowest BCUT2D eigenvalue weighted by Crippen LogP contribution is -2.00. The maximum absolute atomic E-state index is 14.7. The fourth-order valence-corrected chi connectivity index (χ4v) is 3.54. The quantitative estimate of drug-likeness (QED) is 0.260. The number of benzene rings is 4. The van der Waals surface area contributed by atoms with Gasteiger partial charge >= 0.3 is 0 Å². The van der Waals surface area contributed by atoms with Crippen LogP contribution in [0.2, 0.25) is 0 Å². The molecule has 0 aromatic heterocycles. The first-order valence-corrected chi connectivity index (χ1v) is 10.1. The van der Waals surface area contributed by atoms with Gasteiger partial charge in [-0.1, -0.05) is 64.5 Å². The van der Waals surface area contributed by atoms with Gasteiger partial charge in [-0.3, -0.25) is 0 Å². The molecule has 1 nitrogen and oxygen atoms in total. The van der Waals surface area contributed by atoms with Gasteiger partial charge < -0.3 is 4.74 Å². The van der Waals surface area contributed by atoms with E-state index in [1.54, 1.807) is 18.2 Å². The molecule has 0 fully saturated rings. The number of hydrogen-bond donors (Lipinski definition) is 0. The van der Waals surface area contributed by atoms with E-state index < -0.39 is 23.3 Å². The smallest absolute Gasteiger partial charge is 0.201 e. The van der Waals surface area contributed by atoms with Crippen molar-refractivity contribution in [2.75, 3.05) is 0 Å². The molecule has 4 aromatic rings. The lowest BCUT2D eigenvalue weighted by molar-refractivity contribution is 0.285. The second-order valence-electron chi connectivity index (χ2n) is 6.83. The number of rotatable bonds is 5. The maximum atomic E-state index is 14.7. The van der Waals surface area contributed by atoms with Gasteiger partial charge in [-0.15, -0.1) is 0 Å². The van der Waals surface area contributed by atoms with Gasteiger partial charge in [-0.05, 0) is 41.5 Å². The van der Waals surface area contributed by atoms with Crippen molar-refractivity contribution >= 4 is 15.9 Å². The van der Waals surface area contributed by atoms with Crippen LogP contribution >= 0.6 is 15.9 Å². The highest BCUT2D eigenvalue weighted by Gasteiger charge is 2.18. The van der Waals surface area contributed by atoms with E-state index in [-0.39, 0.29) is 34.6 Å². The molecule has 0 aliphatic carbocycles. The molecule has 6 heteroatoms. The van der Waals surface area contributed by atoms with E-state index in [9.17, 15) is 17.6 Å². The van der Waals surface area contributed by atoms with E-state index >= 15 is 0 Å². The molecular formula is C25H15BrF4O. The van der Waals surface area contributed by atoms with Gasteiger partial charge in [0.25, 0.3) is 0 Å². The Labute approximate surface area is 185 Å². The highest BCUT2D eigenvalue weighted by atomic mass is 79.9. The number of ether oxygens (including phenoxy) is 1. The highest BCUT2D eigenvalue weighted by Crippen LogP contribution is 2.34. The minimum atomic E-state index is -1.16. The van der Waals surface area contributed by atoms with Crippen molar-refractivity contribution in [1.82, 2.24) is 0 Å². The first-order chi connectivity index (χ1) is 14.9. The molecule has 0 unspecified atom stereocenters. The van der Waals surface area contributed by atoms with Crippen LogP contribution in [0.3, 0.4) is 0 Å². The van der Waals surface area contributed by atoms with Crippen LogP contribution in [-0.2, 0) is 6.61 Å². The van der Waals surface area contributed by atoms with Gasteiger partial charge in [0, 0.05) is 21.2 Å². The second kappa shape index (κ2) is 8.94. The van der Waals surface area contributed by atoms with Crippen molar-refractivity contribution in [3.8, 4) is 28.0 Å². The van der Waals surface area contributed by atoms with E-state index in [0.29, 0.717) is 4.47 Å². The van der Waals surface area contributed by atoms with Gasteiger partial charge in [-0.2, -0.15) is 4.39 Å². The van der Waals surface area contributed by atoms with Crippen LogP contribution in [0, 0.1) is 23.3 Å². The highest BCUT2D eigenvalue weighted by molar-refractivity contribution is 9.10. The summed E-state index contributed by atoms with van der Waals surface area (Å²) in [6.07, 6.45) is 0. The minimum Gasteiger partial charge on any atom is -0.486 e. The SMILES string of the molecule is Fc1cc(Br)ccc1-c1ccc(-c2ccc(OCc3ccccc3)c(F)c2F)cc1F. The van der Waals surface area contributed by atoms with Crippen LogP contribution in [0.5, 0.6) is 5.75 Å². The summed E-state index contributed by atoms with van der Waals surface area (Å²) in [5.74, 6) is -3.88. The van der Waals surface area contributed by atoms with E-state index in [1.807, 2.05) is 18.2 Å². The zero-order valence-electron chi connectivity index (χ0n) is 16.0. The molecule has 0 atom stereocenters. The molecule has 0 aliphatic heterocycles. The second-order valence-corrected chi connectivity index (χ2v) is 7.75. The Morgan fingerprint density at radius 2 is 1.29 bits per heavy atom. The van der Waals surface area contributed by atoms with E-state index in [0.717, 1.165) is 11.6 Å². The van der Waals surface area contributed by atoms with Crippen molar-refractivity contribution in [1.29, 1.82) is 0 Å². The molecule has 31 heavy (non-hydrogen) atoms. The van der Waals surface area contributed by atoms with Gasteiger partial charge in [0.05, 0.1) is 0 Å². The predicted octanol–water partition coefficient (Wildman–Crippen LogP) is 7.92. The molecule has 0 bridgehead atoms. The van der Waals surface area contributed by atoms with Crippen LogP contribution in [-0.4, -0.2) is 0 Å². The summed E-state index contributed by atoms with van der Waals surface area (Å²) in [5, 5.41) is 0. The molecule has 0 spiro atoms. The number of hydrogen-bond acceptors (Lipinski definition) is 1. The molecular weight excluding hydrogens is 472 g/mol. The molecule has 0 saturated carbocycles. The van der Waals surface area contributed by atoms with Gasteiger partial charge in [0.15, 0.2) is 11.6 Å². The summed E-state index contributed by atoms with van der Waals surface area (Å²) in [6.45, 7) is 0.0820. The molecule has 0 saturated heterocycles. The zero-order valence-corrected chi connectivity index (χ0v) is 17.6. The van der Waals surface area contributed by atoms with Crippen molar-refractivity contribution in [3.63, 3.8) is 0 Å². The van der Waals surface area contributed by atoms with Gasteiger partial charge in [-0.25, -0.2) is 13.2 Å². The molecule has 4 rings (SSSR count). The predicted molar refractivity (Wildman–Crippen MR) is 116 cm³/mol. The summed E-state index contributed by atoms with van der Waals surface area (Å²) < 4.78 is 64.0. The maximum Gasteiger partial charge on any atom is 0.201 e. The summed E-state index contributed by atoms with van der Waals surface area (Å²) in [4.78, 5) is 0. The summed E-state index contributed by atoms with van der Waals surface area (Å²) in [7, 11) is 0. The minimum absolute atomic E-state index is 0.0254. The Balaban J connectivity index is 1.62. The average molecular weight is 487 g/mol. The fraction of sp³-hybridized carbons (Fsp3) is 0.0400. The van der Waals surface area contributed by atoms with Gasteiger partial charge in [0.1, 0.15) is 18.2 Å². The molecule has 0 heterocycles. The Kier molecular flexibility index (Phi) is 6.09. The summed E-state index contributed by atoms with van der Waals surface area (Å²) in [5.41, 5.74) is 0.918. The first-order valence-electron chi connectivity index (χ1n) is 9.34. The molecule has 0 radical (unpaired) electrons. The lowest BCUT2D eigenvalue weighted by Gasteiger charge is -2.12. The van der Waals surface area contributed by atoms with Crippen LogP contribution in [0.4, 0.5) is 17.6 Å². The van der Waals surface area contributed by atoms with Crippen LogP contribution in [0.25, 0.3) is 22.3 Å². The lowest BCUT2D eigenvalue weighted by atomic mass is 9.98. The van der Waals surface area contributed by atoms with Gasteiger partial charge in [0.2, 0.25) is 5.82 Å². The van der Waals surface area contributed by atoms with Crippen molar-refractivity contribution in [2.45, 2.75) is 6.61 Å². The van der Waals surface area contributed by atoms with Crippen LogP contribution < -0.4 is 4.74 Å². The van der Waals surface area contributed by atoms with Crippen molar-refractivity contribution < 1.29 is 22.3 Å². The summed E-state index contributed by atoms with van der Waals surface area (Å²) in [6, 6.07) is 19.8. The Morgan fingerprint density at radius 3 is 1.97 bits per heavy atom. The third kappa shape index (κ3) is 4.49. The zero-order chi connectivity index (χ0) is 22.0. The number of halogens is 5. The first kappa shape index (κ1) is 21.1. The molecule has 0 aliphatic rings. The normalized spacial score (nSPS) is 10.9. The Morgan fingerprint density at radius 1 is 0.645 bits per heavy atom. The molecule has 0 amide bonds. The van der Waals surface area contributed by atoms with Crippen LogP contribution in [0.1, 0.15) is 5.56 Å². The topological polar surface area (TPSA) is 9.23 Å². The van der Waals surface area contributed by atoms with E-state index in [1.165, 1.54) is 36.4 Å². The third-order valence-electron chi connectivity index (χ3n) is 4.79. The third-order valence-corrected chi connectivity index (χ3v) is 5.28. The molecule has 0 N–H and O–H groups in total. The van der Waals surface area contributed by atoms with Crippen molar-refractivity contribution in [3.05, 3.63) is 112 Å². The van der Waals surface area contributed by atoms with E-state index in [2.05, 4.69) is 15.9 Å². The Hall–Kier alpha value is -3.12. The van der Waals surface area contributed by atoms with Crippen LogP contribution in [0.15, 0.2) is 83.3 Å². The summed E-state index contributed by atoms with van der Waals surface area (Å²) >= 11 is 3.15. The fourth-order valence-electron chi connectivity index (χ4n) is 3.21.